The van der Waals surface area contributed by atoms with Crippen LogP contribution in [-0.4, -0.2) is 30.1 Å². The SMILES string of the molecule is CCO[C@H](C)C(=O)NCCc1nc2c(s1)CCC2. The molecule has 1 N–H and O–H groups in total. The molecule has 1 atom stereocenters. The third-order valence-corrected chi connectivity index (χ3v) is 4.28. The van der Waals surface area contributed by atoms with Gasteiger partial charge in [-0.05, 0) is 33.1 Å². The van der Waals surface area contributed by atoms with Crippen molar-refractivity contribution < 1.29 is 9.53 Å². The van der Waals surface area contributed by atoms with Gasteiger partial charge in [0.25, 0.3) is 0 Å². The molecule has 2 rings (SSSR count). The standard InChI is InChI=1S/C13H20N2O2S/c1-3-17-9(2)13(16)14-8-7-12-15-10-5-4-6-11(10)18-12/h9H,3-8H2,1-2H3,(H,14,16)/t9-/m1/s1. The van der Waals surface area contributed by atoms with Crippen molar-refractivity contribution in [1.29, 1.82) is 0 Å². The van der Waals surface area contributed by atoms with E-state index < -0.39 is 0 Å². The molecule has 0 saturated carbocycles. The van der Waals surface area contributed by atoms with Gasteiger partial charge in [0, 0.05) is 24.4 Å². The second kappa shape index (κ2) is 6.29. The van der Waals surface area contributed by atoms with Crippen molar-refractivity contribution in [3.05, 3.63) is 15.6 Å². The minimum absolute atomic E-state index is 0.0408. The first-order chi connectivity index (χ1) is 8.70. The first-order valence-electron chi connectivity index (χ1n) is 6.57. The first kappa shape index (κ1) is 13.5. The maximum atomic E-state index is 11.6. The molecule has 18 heavy (non-hydrogen) atoms. The summed E-state index contributed by atoms with van der Waals surface area (Å²) in [5.74, 6) is -0.0408. The van der Waals surface area contributed by atoms with Gasteiger partial charge in [-0.25, -0.2) is 4.98 Å². The van der Waals surface area contributed by atoms with Crippen LogP contribution in [0.5, 0.6) is 0 Å². The van der Waals surface area contributed by atoms with Gasteiger partial charge in [0.2, 0.25) is 5.91 Å². The summed E-state index contributed by atoms with van der Waals surface area (Å²) in [6, 6.07) is 0. The topological polar surface area (TPSA) is 51.2 Å². The molecule has 0 bridgehead atoms. The number of carbonyl (C=O) groups is 1. The normalized spacial score (nSPS) is 15.4. The maximum Gasteiger partial charge on any atom is 0.248 e. The van der Waals surface area contributed by atoms with Gasteiger partial charge < -0.3 is 10.1 Å². The van der Waals surface area contributed by atoms with Gasteiger partial charge in [0.1, 0.15) is 6.10 Å². The lowest BCUT2D eigenvalue weighted by molar-refractivity contribution is -0.131. The number of carbonyl (C=O) groups excluding carboxylic acids is 1. The summed E-state index contributed by atoms with van der Waals surface area (Å²) in [5, 5.41) is 4.03. The highest BCUT2D eigenvalue weighted by Gasteiger charge is 2.17. The Hall–Kier alpha value is -0.940. The van der Waals surface area contributed by atoms with E-state index in [0.717, 1.165) is 17.8 Å². The Kier molecular flexibility index (Phi) is 4.72. The van der Waals surface area contributed by atoms with Crippen LogP contribution in [0.4, 0.5) is 0 Å². The van der Waals surface area contributed by atoms with Gasteiger partial charge in [0.05, 0.1) is 10.7 Å². The Bertz CT molecular complexity index is 396. The summed E-state index contributed by atoms with van der Waals surface area (Å²) in [5.41, 5.74) is 1.28. The van der Waals surface area contributed by atoms with Crippen molar-refractivity contribution in [3.8, 4) is 0 Å². The summed E-state index contributed by atoms with van der Waals surface area (Å²) >= 11 is 1.80. The zero-order valence-electron chi connectivity index (χ0n) is 11.0. The average Bonchev–Trinajstić information content (AvgIpc) is 2.89. The molecule has 1 aromatic heterocycles. The number of fused-ring (bicyclic) bond motifs is 1. The fraction of sp³-hybridized carbons (Fsp3) is 0.692. The highest BCUT2D eigenvalue weighted by atomic mass is 32.1. The van der Waals surface area contributed by atoms with Gasteiger partial charge in [0.15, 0.2) is 0 Å². The van der Waals surface area contributed by atoms with Crippen LogP contribution >= 0.6 is 11.3 Å². The molecule has 5 heteroatoms. The van der Waals surface area contributed by atoms with Crippen molar-refractivity contribution in [1.82, 2.24) is 10.3 Å². The van der Waals surface area contributed by atoms with Gasteiger partial charge in [-0.2, -0.15) is 0 Å². The Morgan fingerprint density at radius 3 is 3.11 bits per heavy atom. The van der Waals surface area contributed by atoms with E-state index in [0.29, 0.717) is 13.2 Å². The molecule has 1 aliphatic carbocycles. The molecule has 0 spiro atoms. The molecule has 0 radical (unpaired) electrons. The highest BCUT2D eigenvalue weighted by molar-refractivity contribution is 7.11. The van der Waals surface area contributed by atoms with Crippen molar-refractivity contribution in [2.75, 3.05) is 13.2 Å². The third-order valence-electron chi connectivity index (χ3n) is 3.06. The van der Waals surface area contributed by atoms with E-state index in [-0.39, 0.29) is 12.0 Å². The predicted octanol–water partition coefficient (Wildman–Crippen LogP) is 1.72. The molecular weight excluding hydrogens is 248 g/mol. The Balaban J connectivity index is 1.73. The Morgan fingerprint density at radius 2 is 2.39 bits per heavy atom. The van der Waals surface area contributed by atoms with E-state index in [4.69, 9.17) is 4.74 Å². The quantitative estimate of drug-likeness (QED) is 0.854. The summed E-state index contributed by atoms with van der Waals surface area (Å²) in [6.07, 6.45) is 4.01. The van der Waals surface area contributed by atoms with Gasteiger partial charge in [-0.1, -0.05) is 0 Å². The fourth-order valence-electron chi connectivity index (χ4n) is 2.11. The number of hydrogen-bond donors (Lipinski definition) is 1. The van der Waals surface area contributed by atoms with Crippen LogP contribution in [-0.2, 0) is 28.8 Å². The van der Waals surface area contributed by atoms with Crippen molar-refractivity contribution in [3.63, 3.8) is 0 Å². The first-order valence-corrected chi connectivity index (χ1v) is 7.39. The molecule has 1 heterocycles. The van der Waals surface area contributed by atoms with E-state index in [1.54, 1.807) is 18.3 Å². The number of amides is 1. The molecular formula is C13H20N2O2S. The van der Waals surface area contributed by atoms with E-state index >= 15 is 0 Å². The third kappa shape index (κ3) is 3.29. The number of nitrogens with one attached hydrogen (secondary N) is 1. The lowest BCUT2D eigenvalue weighted by Gasteiger charge is -2.11. The molecule has 1 amide bonds. The van der Waals surface area contributed by atoms with Gasteiger partial charge in [-0.15, -0.1) is 11.3 Å². The molecule has 0 aromatic carbocycles. The molecule has 0 fully saturated rings. The van der Waals surface area contributed by atoms with Gasteiger partial charge >= 0.3 is 0 Å². The molecule has 0 aliphatic heterocycles. The van der Waals surface area contributed by atoms with Crippen molar-refractivity contribution in [2.45, 2.75) is 45.6 Å². The Morgan fingerprint density at radius 1 is 1.56 bits per heavy atom. The number of rotatable bonds is 6. The predicted molar refractivity (Wildman–Crippen MR) is 71.9 cm³/mol. The zero-order valence-corrected chi connectivity index (χ0v) is 11.8. The van der Waals surface area contributed by atoms with E-state index in [2.05, 4.69) is 10.3 Å². The van der Waals surface area contributed by atoms with Crippen molar-refractivity contribution in [2.24, 2.45) is 0 Å². The number of aromatic nitrogens is 1. The van der Waals surface area contributed by atoms with E-state index in [1.165, 1.54) is 23.4 Å². The van der Waals surface area contributed by atoms with Crippen LogP contribution in [0.1, 0.15) is 35.8 Å². The minimum atomic E-state index is -0.365. The number of nitrogens with zero attached hydrogens (tertiary/aromatic N) is 1. The molecule has 4 nitrogen and oxygen atoms in total. The molecule has 1 aromatic rings. The van der Waals surface area contributed by atoms with Crippen LogP contribution in [0.3, 0.4) is 0 Å². The van der Waals surface area contributed by atoms with Crippen LogP contribution in [0.15, 0.2) is 0 Å². The summed E-state index contributed by atoms with van der Waals surface area (Å²) in [6.45, 7) is 4.87. The van der Waals surface area contributed by atoms with Crippen LogP contribution in [0.2, 0.25) is 0 Å². The molecule has 0 saturated heterocycles. The largest absolute Gasteiger partial charge is 0.369 e. The summed E-state index contributed by atoms with van der Waals surface area (Å²) < 4.78 is 5.23. The van der Waals surface area contributed by atoms with Crippen LogP contribution in [0, 0.1) is 0 Å². The van der Waals surface area contributed by atoms with Crippen molar-refractivity contribution >= 4 is 17.2 Å². The molecule has 0 unspecified atom stereocenters. The average molecular weight is 268 g/mol. The fourth-order valence-corrected chi connectivity index (χ4v) is 3.27. The minimum Gasteiger partial charge on any atom is -0.369 e. The van der Waals surface area contributed by atoms with Crippen LogP contribution < -0.4 is 5.32 Å². The molecule has 100 valence electrons. The van der Waals surface area contributed by atoms with Gasteiger partial charge in [-0.3, -0.25) is 4.79 Å². The smallest absolute Gasteiger partial charge is 0.248 e. The lowest BCUT2D eigenvalue weighted by Crippen LogP contribution is -2.35. The second-order valence-corrected chi connectivity index (χ2v) is 5.64. The van der Waals surface area contributed by atoms with E-state index in [1.807, 2.05) is 6.92 Å². The number of hydrogen-bond acceptors (Lipinski definition) is 4. The Labute approximate surface area is 112 Å². The monoisotopic (exact) mass is 268 g/mol. The second-order valence-electron chi connectivity index (χ2n) is 4.47. The summed E-state index contributed by atoms with van der Waals surface area (Å²) in [4.78, 5) is 17.7. The zero-order chi connectivity index (χ0) is 13.0. The van der Waals surface area contributed by atoms with E-state index in [9.17, 15) is 4.79 Å². The number of aryl methyl sites for hydroxylation is 2. The maximum absolute atomic E-state index is 11.6. The number of thiazole rings is 1. The molecule has 1 aliphatic rings. The lowest BCUT2D eigenvalue weighted by atomic mass is 10.3. The summed E-state index contributed by atoms with van der Waals surface area (Å²) in [7, 11) is 0. The number of ether oxygens (including phenoxy) is 1. The van der Waals surface area contributed by atoms with Crippen LogP contribution in [0.25, 0.3) is 0 Å². The highest BCUT2D eigenvalue weighted by Crippen LogP contribution is 2.27.